The lowest BCUT2D eigenvalue weighted by Gasteiger charge is -1.97. The lowest BCUT2D eigenvalue weighted by molar-refractivity contribution is -0.137. The highest BCUT2D eigenvalue weighted by molar-refractivity contribution is 9.10. The summed E-state index contributed by atoms with van der Waals surface area (Å²) in [6.07, 6.45) is 1.91. The van der Waals surface area contributed by atoms with E-state index in [2.05, 4.69) is 20.7 Å². The fourth-order valence-corrected chi connectivity index (χ4v) is 3.57. The summed E-state index contributed by atoms with van der Waals surface area (Å²) < 4.78 is 6.45. The van der Waals surface area contributed by atoms with Gasteiger partial charge in [-0.3, -0.25) is 4.79 Å². The molecule has 82 valence electrons. The van der Waals surface area contributed by atoms with Gasteiger partial charge < -0.3 is 4.74 Å². The van der Waals surface area contributed by atoms with Crippen LogP contribution in [0.15, 0.2) is 14.7 Å². The molecule has 1 aromatic heterocycles. The molecule has 3 nitrogen and oxygen atoms in total. The largest absolute Gasteiger partial charge is 0.460 e. The van der Waals surface area contributed by atoms with Gasteiger partial charge >= 0.3 is 5.97 Å². The van der Waals surface area contributed by atoms with Gasteiger partial charge in [0, 0.05) is 4.47 Å². The van der Waals surface area contributed by atoms with Gasteiger partial charge in [0.2, 0.25) is 0 Å². The molecule has 0 atom stereocenters. The normalized spacial score (nSPS) is 10.1. The van der Waals surface area contributed by atoms with Crippen molar-refractivity contribution in [3.63, 3.8) is 0 Å². The third kappa shape index (κ3) is 3.06. The van der Waals surface area contributed by atoms with Crippen molar-refractivity contribution in [2.75, 3.05) is 12.9 Å². The van der Waals surface area contributed by atoms with E-state index in [4.69, 9.17) is 0 Å². The van der Waals surface area contributed by atoms with Gasteiger partial charge in [0.15, 0.2) is 0 Å². The van der Waals surface area contributed by atoms with Gasteiger partial charge in [-0.25, -0.2) is 4.79 Å². The zero-order valence-corrected chi connectivity index (χ0v) is 11.4. The minimum atomic E-state index is -0.793. The summed E-state index contributed by atoms with van der Waals surface area (Å²) >= 11 is 6.13. The summed E-state index contributed by atoms with van der Waals surface area (Å²) in [4.78, 5) is 23.1. The molecule has 0 spiro atoms. The van der Waals surface area contributed by atoms with E-state index in [1.807, 2.05) is 6.26 Å². The molecule has 0 bridgehead atoms. The lowest BCUT2D eigenvalue weighted by Crippen LogP contribution is -2.16. The van der Waals surface area contributed by atoms with Crippen LogP contribution in [0, 0.1) is 0 Å². The Labute approximate surface area is 104 Å². The van der Waals surface area contributed by atoms with Crippen molar-refractivity contribution in [2.45, 2.75) is 11.1 Å². The molecule has 15 heavy (non-hydrogen) atoms. The van der Waals surface area contributed by atoms with Gasteiger partial charge in [-0.15, -0.1) is 23.1 Å². The van der Waals surface area contributed by atoms with Crippen LogP contribution in [0.4, 0.5) is 0 Å². The lowest BCUT2D eigenvalue weighted by atomic mass is 10.3. The van der Waals surface area contributed by atoms with Gasteiger partial charge in [-0.1, -0.05) is 0 Å². The predicted molar refractivity (Wildman–Crippen MR) is 64.8 cm³/mol. The van der Waals surface area contributed by atoms with Gasteiger partial charge in [0.05, 0.1) is 15.7 Å². The van der Waals surface area contributed by atoms with Crippen LogP contribution in [-0.2, 0) is 9.53 Å². The van der Waals surface area contributed by atoms with Crippen LogP contribution in [0.25, 0.3) is 0 Å². The van der Waals surface area contributed by atoms with Crippen molar-refractivity contribution in [2.24, 2.45) is 0 Å². The second kappa shape index (κ2) is 5.67. The summed E-state index contributed by atoms with van der Waals surface area (Å²) in [5.41, 5.74) is 0. The molecule has 0 unspecified atom stereocenters. The first-order chi connectivity index (χ1) is 7.10. The number of Topliss-reactive ketones (excluding diaryl/α,β-unsaturated/α-hetero) is 1. The minimum Gasteiger partial charge on any atom is -0.460 e. The maximum absolute atomic E-state index is 11.5. The van der Waals surface area contributed by atoms with Crippen LogP contribution in [0.2, 0.25) is 0 Å². The molecule has 0 saturated heterocycles. The first-order valence-electron chi connectivity index (χ1n) is 4.15. The smallest absolute Gasteiger partial charge is 0.380 e. The van der Waals surface area contributed by atoms with E-state index >= 15 is 0 Å². The Hall–Kier alpha value is -0.330. The van der Waals surface area contributed by atoms with Gasteiger partial charge in [-0.2, -0.15) is 0 Å². The van der Waals surface area contributed by atoms with Crippen molar-refractivity contribution in [1.29, 1.82) is 0 Å². The monoisotopic (exact) mass is 308 g/mol. The van der Waals surface area contributed by atoms with E-state index in [1.54, 1.807) is 13.0 Å². The Morgan fingerprint density at radius 1 is 1.60 bits per heavy atom. The van der Waals surface area contributed by atoms with E-state index in [9.17, 15) is 9.59 Å². The first-order valence-corrected chi connectivity index (χ1v) is 6.98. The Bertz CT molecular complexity index is 387. The van der Waals surface area contributed by atoms with Gasteiger partial charge in [-0.05, 0) is 35.2 Å². The topological polar surface area (TPSA) is 43.4 Å². The standard InChI is InChI=1S/C9H9BrO3S2/c1-3-13-8(12)7(11)6-4-5(10)9(14-2)15-6/h4H,3H2,1-2H3. The SMILES string of the molecule is CCOC(=O)C(=O)c1cc(Br)c(SC)s1. The summed E-state index contributed by atoms with van der Waals surface area (Å²) in [6.45, 7) is 1.88. The van der Waals surface area contributed by atoms with E-state index in [1.165, 1.54) is 23.1 Å². The van der Waals surface area contributed by atoms with E-state index < -0.39 is 11.8 Å². The average Bonchev–Trinajstić information content (AvgIpc) is 2.59. The van der Waals surface area contributed by atoms with Crippen LogP contribution in [0.1, 0.15) is 16.6 Å². The molecular formula is C9H9BrO3S2. The van der Waals surface area contributed by atoms with Crippen LogP contribution in [0.3, 0.4) is 0 Å². The molecule has 0 saturated carbocycles. The molecule has 0 N–H and O–H groups in total. The minimum absolute atomic E-state index is 0.215. The van der Waals surface area contributed by atoms with Crippen molar-refractivity contribution in [1.82, 2.24) is 0 Å². The number of ether oxygens (including phenoxy) is 1. The third-order valence-corrected chi connectivity index (χ3v) is 4.94. The molecule has 0 aliphatic heterocycles. The number of halogens is 1. The first kappa shape index (κ1) is 12.7. The fourth-order valence-electron chi connectivity index (χ4n) is 0.900. The van der Waals surface area contributed by atoms with E-state index in [0.717, 1.165) is 8.68 Å². The van der Waals surface area contributed by atoms with Crippen molar-refractivity contribution >= 4 is 50.8 Å². The molecule has 0 amide bonds. The number of carbonyl (C=O) groups excluding carboxylic acids is 2. The molecule has 1 heterocycles. The van der Waals surface area contributed by atoms with E-state index in [0.29, 0.717) is 4.88 Å². The summed E-state index contributed by atoms with van der Waals surface area (Å²) in [7, 11) is 0. The Balaban J connectivity index is 2.87. The van der Waals surface area contributed by atoms with Crippen molar-refractivity contribution < 1.29 is 14.3 Å². The number of thioether (sulfide) groups is 1. The number of esters is 1. The van der Waals surface area contributed by atoms with E-state index in [-0.39, 0.29) is 6.61 Å². The maximum atomic E-state index is 11.5. The number of hydrogen-bond donors (Lipinski definition) is 0. The number of rotatable bonds is 4. The average molecular weight is 309 g/mol. The molecule has 1 aromatic rings. The van der Waals surface area contributed by atoms with Crippen molar-refractivity contribution in [3.8, 4) is 0 Å². The maximum Gasteiger partial charge on any atom is 0.380 e. The molecule has 1 rings (SSSR count). The highest BCUT2D eigenvalue weighted by Crippen LogP contribution is 2.34. The van der Waals surface area contributed by atoms with Crippen LogP contribution in [-0.4, -0.2) is 24.6 Å². The quantitative estimate of drug-likeness (QED) is 0.371. The number of thiophene rings is 1. The molecule has 0 aromatic carbocycles. The van der Waals surface area contributed by atoms with Crippen molar-refractivity contribution in [3.05, 3.63) is 15.4 Å². The Kier molecular flexibility index (Phi) is 4.82. The zero-order chi connectivity index (χ0) is 11.4. The summed E-state index contributed by atoms with van der Waals surface area (Å²) in [5, 5.41) is 0. The second-order valence-corrected chi connectivity index (χ2v) is 5.48. The predicted octanol–water partition coefficient (Wildman–Crippen LogP) is 2.98. The van der Waals surface area contributed by atoms with Gasteiger partial charge in [0.25, 0.3) is 5.78 Å². The van der Waals surface area contributed by atoms with Crippen LogP contribution >= 0.6 is 39.0 Å². The molecule has 0 fully saturated rings. The zero-order valence-electron chi connectivity index (χ0n) is 8.20. The molecule has 0 radical (unpaired) electrons. The van der Waals surface area contributed by atoms with Crippen LogP contribution < -0.4 is 0 Å². The highest BCUT2D eigenvalue weighted by atomic mass is 79.9. The molecular weight excluding hydrogens is 300 g/mol. The van der Waals surface area contributed by atoms with Gasteiger partial charge in [0.1, 0.15) is 0 Å². The molecule has 6 heteroatoms. The summed E-state index contributed by atoms with van der Waals surface area (Å²) in [6, 6.07) is 1.65. The fraction of sp³-hybridized carbons (Fsp3) is 0.333. The Morgan fingerprint density at radius 3 is 2.73 bits per heavy atom. The third-order valence-electron chi connectivity index (χ3n) is 1.53. The summed E-state index contributed by atoms with van der Waals surface area (Å²) in [5.74, 6) is -1.37. The molecule has 0 aliphatic carbocycles. The number of hydrogen-bond acceptors (Lipinski definition) is 5. The highest BCUT2D eigenvalue weighted by Gasteiger charge is 2.21. The molecule has 0 aliphatic rings. The second-order valence-electron chi connectivity index (χ2n) is 2.50. The number of carbonyl (C=O) groups is 2. The Morgan fingerprint density at radius 2 is 2.27 bits per heavy atom. The number of ketones is 1. The van der Waals surface area contributed by atoms with Crippen LogP contribution in [0.5, 0.6) is 0 Å².